The number of nitrogens with one attached hydrogen (secondary N) is 1. The number of hydrogen-bond donors (Lipinski definition) is 1. The van der Waals surface area contributed by atoms with Gasteiger partial charge in [-0.15, -0.1) is 0 Å². The lowest BCUT2D eigenvalue weighted by Crippen LogP contribution is -2.27. The molecule has 88 valence electrons. The van der Waals surface area contributed by atoms with Crippen LogP contribution in [0.25, 0.3) is 0 Å². The van der Waals surface area contributed by atoms with Gasteiger partial charge in [-0.25, -0.2) is 0 Å². The summed E-state index contributed by atoms with van der Waals surface area (Å²) in [6.07, 6.45) is 1.44. The highest BCUT2D eigenvalue weighted by atomic mass is 35.5. The molecule has 1 heterocycles. The highest BCUT2D eigenvalue weighted by molar-refractivity contribution is 6.99. The van der Waals surface area contributed by atoms with E-state index in [0.29, 0.717) is 10.7 Å². The maximum atomic E-state index is 11.8. The molecule has 0 bridgehead atoms. The van der Waals surface area contributed by atoms with Crippen LogP contribution in [0.3, 0.4) is 0 Å². The van der Waals surface area contributed by atoms with Gasteiger partial charge in [0.2, 0.25) is 0 Å². The molecule has 1 N–H and O–H groups in total. The van der Waals surface area contributed by atoms with Crippen LogP contribution in [-0.4, -0.2) is 14.7 Å². The van der Waals surface area contributed by atoms with Crippen LogP contribution < -0.4 is 5.32 Å². The van der Waals surface area contributed by atoms with Crippen LogP contribution in [0.4, 0.5) is 0 Å². The Morgan fingerprint density at radius 3 is 2.88 bits per heavy atom. The summed E-state index contributed by atoms with van der Waals surface area (Å²) in [6, 6.07) is 7.24. The summed E-state index contributed by atoms with van der Waals surface area (Å²) in [5.74, 6) is -0.244. The molecule has 6 heteroatoms. The number of nitrogens with zero attached hydrogens (tertiary/aromatic N) is 2. The summed E-state index contributed by atoms with van der Waals surface area (Å²) in [4.78, 5) is 11.8. The Hall–Kier alpha value is -1.46. The molecule has 2 rings (SSSR count). The van der Waals surface area contributed by atoms with Gasteiger partial charge in [0.05, 0.1) is 24.0 Å². The molecule has 1 amide bonds. The van der Waals surface area contributed by atoms with Crippen molar-refractivity contribution < 1.29 is 4.79 Å². The van der Waals surface area contributed by atoms with Crippen LogP contribution >= 0.6 is 23.3 Å². The highest BCUT2D eigenvalue weighted by Gasteiger charge is 2.14. The molecule has 1 aromatic heterocycles. The second-order valence-corrected chi connectivity index (χ2v) is 4.47. The molecular weight excluding hydrogens is 258 g/mol. The maximum absolute atomic E-state index is 11.8. The Bertz CT molecular complexity index is 515. The van der Waals surface area contributed by atoms with E-state index in [2.05, 4.69) is 14.1 Å². The van der Waals surface area contributed by atoms with Gasteiger partial charge in [-0.1, -0.05) is 29.8 Å². The standard InChI is InChI=1S/C11H10ClN3OS/c1-7(8-4-2-3-5-9(8)12)14-11(16)10-6-13-17-15-10/h2-7H,1H3,(H,14,16)/t7-/m1/s1. The first kappa shape index (κ1) is 12.0. The molecule has 17 heavy (non-hydrogen) atoms. The minimum Gasteiger partial charge on any atom is -0.344 e. The minimum atomic E-state index is -0.244. The predicted octanol–water partition coefficient (Wildman–Crippen LogP) is 2.68. The summed E-state index contributed by atoms with van der Waals surface area (Å²) in [7, 11) is 0. The fourth-order valence-corrected chi connectivity index (χ4v) is 2.15. The van der Waals surface area contributed by atoms with Crippen molar-refractivity contribution in [1.82, 2.24) is 14.1 Å². The summed E-state index contributed by atoms with van der Waals surface area (Å²) in [6.45, 7) is 1.87. The summed E-state index contributed by atoms with van der Waals surface area (Å²) in [5.41, 5.74) is 1.21. The molecule has 0 fully saturated rings. The number of aromatic nitrogens is 2. The van der Waals surface area contributed by atoms with Crippen molar-refractivity contribution >= 4 is 29.2 Å². The average molecular weight is 268 g/mol. The third-order valence-electron chi connectivity index (χ3n) is 2.31. The van der Waals surface area contributed by atoms with E-state index in [-0.39, 0.29) is 11.9 Å². The number of hydrogen-bond acceptors (Lipinski definition) is 4. The lowest BCUT2D eigenvalue weighted by molar-refractivity contribution is 0.0936. The van der Waals surface area contributed by atoms with Crippen LogP contribution in [0.2, 0.25) is 5.02 Å². The van der Waals surface area contributed by atoms with E-state index in [1.165, 1.54) is 6.20 Å². The summed E-state index contributed by atoms with van der Waals surface area (Å²) < 4.78 is 7.66. The Morgan fingerprint density at radius 1 is 1.47 bits per heavy atom. The molecule has 4 nitrogen and oxygen atoms in total. The van der Waals surface area contributed by atoms with Crippen molar-refractivity contribution in [2.24, 2.45) is 0 Å². The van der Waals surface area contributed by atoms with Gasteiger partial charge in [0.25, 0.3) is 5.91 Å². The Labute approximate surface area is 108 Å². The molecule has 0 aliphatic carbocycles. The normalized spacial score (nSPS) is 12.1. The maximum Gasteiger partial charge on any atom is 0.273 e. The first-order valence-corrected chi connectivity index (χ1v) is 6.12. The lowest BCUT2D eigenvalue weighted by Gasteiger charge is -2.14. The van der Waals surface area contributed by atoms with Gasteiger partial charge in [0.1, 0.15) is 0 Å². The summed E-state index contributed by atoms with van der Waals surface area (Å²) in [5, 5.41) is 3.46. The molecular formula is C11H10ClN3OS. The van der Waals surface area contributed by atoms with Crippen molar-refractivity contribution in [3.8, 4) is 0 Å². The summed E-state index contributed by atoms with van der Waals surface area (Å²) >= 11 is 7.06. The number of carbonyl (C=O) groups is 1. The molecule has 0 unspecified atom stereocenters. The van der Waals surface area contributed by atoms with E-state index in [0.717, 1.165) is 17.3 Å². The van der Waals surface area contributed by atoms with E-state index in [1.807, 2.05) is 25.1 Å². The second kappa shape index (κ2) is 5.25. The molecule has 1 atom stereocenters. The SMILES string of the molecule is C[C@@H](NC(=O)c1cnsn1)c1ccccc1Cl. The van der Waals surface area contributed by atoms with Crippen LogP contribution in [0, 0.1) is 0 Å². The third-order valence-corrected chi connectivity index (χ3v) is 3.14. The fourth-order valence-electron chi connectivity index (χ4n) is 1.44. The van der Waals surface area contributed by atoms with Gasteiger partial charge >= 0.3 is 0 Å². The van der Waals surface area contributed by atoms with Gasteiger partial charge in [-0.05, 0) is 18.6 Å². The van der Waals surface area contributed by atoms with Crippen LogP contribution in [0.15, 0.2) is 30.5 Å². The zero-order valence-electron chi connectivity index (χ0n) is 9.05. The predicted molar refractivity (Wildman–Crippen MR) is 67.2 cm³/mol. The number of rotatable bonds is 3. The first-order valence-electron chi connectivity index (χ1n) is 5.01. The van der Waals surface area contributed by atoms with Gasteiger partial charge in [-0.3, -0.25) is 4.79 Å². The average Bonchev–Trinajstić information content (AvgIpc) is 2.82. The number of amides is 1. The molecule has 1 aromatic carbocycles. The highest BCUT2D eigenvalue weighted by Crippen LogP contribution is 2.22. The Morgan fingerprint density at radius 2 is 2.24 bits per heavy atom. The van der Waals surface area contributed by atoms with Crippen LogP contribution in [-0.2, 0) is 0 Å². The van der Waals surface area contributed by atoms with Gasteiger partial charge < -0.3 is 5.32 Å². The molecule has 0 radical (unpaired) electrons. The quantitative estimate of drug-likeness (QED) is 0.930. The van der Waals surface area contributed by atoms with Gasteiger partial charge in [-0.2, -0.15) is 8.75 Å². The molecule has 2 aromatic rings. The number of halogens is 1. The van der Waals surface area contributed by atoms with Gasteiger partial charge in [0, 0.05) is 5.02 Å². The van der Waals surface area contributed by atoms with E-state index in [1.54, 1.807) is 6.07 Å². The molecule has 0 aliphatic rings. The van der Waals surface area contributed by atoms with E-state index >= 15 is 0 Å². The molecule has 0 saturated heterocycles. The number of benzene rings is 1. The number of carbonyl (C=O) groups excluding carboxylic acids is 1. The molecule has 0 saturated carbocycles. The largest absolute Gasteiger partial charge is 0.344 e. The van der Waals surface area contributed by atoms with Gasteiger partial charge in [0.15, 0.2) is 5.69 Å². The topological polar surface area (TPSA) is 54.9 Å². The van der Waals surface area contributed by atoms with Crippen molar-refractivity contribution in [2.45, 2.75) is 13.0 Å². The van der Waals surface area contributed by atoms with Crippen molar-refractivity contribution in [2.75, 3.05) is 0 Å². The van der Waals surface area contributed by atoms with E-state index in [9.17, 15) is 4.79 Å². The zero-order valence-corrected chi connectivity index (χ0v) is 10.6. The smallest absolute Gasteiger partial charge is 0.273 e. The monoisotopic (exact) mass is 267 g/mol. The third kappa shape index (κ3) is 2.81. The second-order valence-electron chi connectivity index (χ2n) is 3.51. The zero-order chi connectivity index (χ0) is 12.3. The first-order chi connectivity index (χ1) is 8.18. The van der Waals surface area contributed by atoms with Crippen molar-refractivity contribution in [3.63, 3.8) is 0 Å². The van der Waals surface area contributed by atoms with Crippen LogP contribution in [0.5, 0.6) is 0 Å². The molecule has 0 spiro atoms. The van der Waals surface area contributed by atoms with Crippen molar-refractivity contribution in [3.05, 3.63) is 46.7 Å². The van der Waals surface area contributed by atoms with E-state index in [4.69, 9.17) is 11.6 Å². The Kier molecular flexibility index (Phi) is 3.71. The minimum absolute atomic E-state index is 0.169. The fraction of sp³-hybridized carbons (Fsp3) is 0.182. The molecule has 0 aliphatic heterocycles. The van der Waals surface area contributed by atoms with Crippen LogP contribution in [0.1, 0.15) is 29.0 Å². The lowest BCUT2D eigenvalue weighted by atomic mass is 10.1. The van der Waals surface area contributed by atoms with E-state index < -0.39 is 0 Å². The Balaban J connectivity index is 2.10. The van der Waals surface area contributed by atoms with Crippen molar-refractivity contribution in [1.29, 1.82) is 0 Å².